The van der Waals surface area contributed by atoms with Crippen molar-refractivity contribution in [2.75, 3.05) is 5.32 Å². The van der Waals surface area contributed by atoms with E-state index in [0.29, 0.717) is 12.1 Å². The van der Waals surface area contributed by atoms with Crippen molar-refractivity contribution in [1.29, 1.82) is 0 Å². The molecular formula is C23H39NO4. The molecule has 0 spiro atoms. The van der Waals surface area contributed by atoms with Gasteiger partial charge in [0.05, 0.1) is 0 Å². The molecule has 0 fully saturated rings. The Balaban J connectivity index is 2.83. The molecule has 0 radical (unpaired) electrons. The van der Waals surface area contributed by atoms with Crippen molar-refractivity contribution in [2.24, 2.45) is 0 Å². The average molecular weight is 394 g/mol. The molecule has 5 heteroatoms. The number of carbonyl (C=O) groups is 1. The summed E-state index contributed by atoms with van der Waals surface area (Å²) in [6.45, 7) is 14.2. The third-order valence-corrected chi connectivity index (χ3v) is 4.77. The van der Waals surface area contributed by atoms with Crippen LogP contribution in [0.15, 0.2) is 12.1 Å². The van der Waals surface area contributed by atoms with Gasteiger partial charge >= 0.3 is 6.09 Å². The molecule has 0 aromatic heterocycles. The topological polar surface area (TPSA) is 78.8 Å². The predicted molar refractivity (Wildman–Crippen MR) is 115 cm³/mol. The number of unbranched alkanes of at least 4 members (excludes halogenated alkanes) is 4. The molecule has 3 N–H and O–H groups in total. The normalized spacial score (nSPS) is 13.3. The number of benzene rings is 1. The summed E-state index contributed by atoms with van der Waals surface area (Å²) in [6.07, 6.45) is 3.98. The van der Waals surface area contributed by atoms with Gasteiger partial charge in [0.2, 0.25) is 6.29 Å². The fourth-order valence-electron chi connectivity index (χ4n) is 3.10. The zero-order valence-corrected chi connectivity index (χ0v) is 18.7. The van der Waals surface area contributed by atoms with Crippen LogP contribution in [0, 0.1) is 0 Å². The lowest BCUT2D eigenvalue weighted by Crippen LogP contribution is -2.23. The number of aliphatic hydroxyl groups is 1. The lowest BCUT2D eigenvalue weighted by molar-refractivity contribution is -0.0526. The highest BCUT2D eigenvalue weighted by Gasteiger charge is 2.27. The van der Waals surface area contributed by atoms with Crippen LogP contribution in [-0.2, 0) is 15.6 Å². The quantitative estimate of drug-likeness (QED) is 0.278. The molecule has 1 aromatic rings. The van der Waals surface area contributed by atoms with E-state index >= 15 is 0 Å². The lowest BCUT2D eigenvalue weighted by atomic mass is 9.79. The first-order valence-electron chi connectivity index (χ1n) is 10.4. The molecule has 1 rings (SSSR count). The van der Waals surface area contributed by atoms with Gasteiger partial charge in [-0.1, -0.05) is 74.1 Å². The molecule has 5 nitrogen and oxygen atoms in total. The minimum absolute atomic E-state index is 0.256. The molecule has 0 saturated heterocycles. The van der Waals surface area contributed by atoms with E-state index in [1.54, 1.807) is 12.1 Å². The van der Waals surface area contributed by atoms with E-state index in [-0.39, 0.29) is 16.6 Å². The minimum Gasteiger partial charge on any atom is -0.507 e. The Morgan fingerprint density at radius 2 is 1.50 bits per heavy atom. The average Bonchev–Trinajstić information content (AvgIpc) is 2.53. The maximum atomic E-state index is 12.2. The van der Waals surface area contributed by atoms with Gasteiger partial charge in [-0.25, -0.2) is 4.79 Å². The molecule has 160 valence electrons. The van der Waals surface area contributed by atoms with Crippen molar-refractivity contribution in [1.82, 2.24) is 0 Å². The van der Waals surface area contributed by atoms with Crippen molar-refractivity contribution < 1.29 is 19.7 Å². The summed E-state index contributed by atoms with van der Waals surface area (Å²) in [4.78, 5) is 12.2. The number of nitrogens with one attached hydrogen (secondary N) is 1. The minimum atomic E-state index is -1.11. The van der Waals surface area contributed by atoms with E-state index in [9.17, 15) is 15.0 Å². The number of carbonyl (C=O) groups excluding carboxylic acids is 1. The van der Waals surface area contributed by atoms with Gasteiger partial charge in [-0.05, 0) is 29.4 Å². The smallest absolute Gasteiger partial charge is 0.413 e. The molecule has 0 bridgehead atoms. The molecular weight excluding hydrogens is 354 g/mol. The Morgan fingerprint density at radius 3 is 1.96 bits per heavy atom. The molecule has 0 heterocycles. The number of amides is 1. The Kier molecular flexibility index (Phi) is 8.80. The Labute approximate surface area is 170 Å². The van der Waals surface area contributed by atoms with Crippen LogP contribution in [0.1, 0.15) is 98.1 Å². The third-order valence-electron chi connectivity index (χ3n) is 4.77. The van der Waals surface area contributed by atoms with Crippen LogP contribution in [0.2, 0.25) is 0 Å². The van der Waals surface area contributed by atoms with Crippen molar-refractivity contribution in [2.45, 2.75) is 104 Å². The van der Waals surface area contributed by atoms with Gasteiger partial charge in [0, 0.05) is 23.2 Å². The van der Waals surface area contributed by atoms with E-state index in [4.69, 9.17) is 4.74 Å². The van der Waals surface area contributed by atoms with Crippen molar-refractivity contribution in [3.8, 4) is 5.75 Å². The Morgan fingerprint density at radius 1 is 1.00 bits per heavy atom. The second kappa shape index (κ2) is 10.1. The molecule has 0 aliphatic rings. The lowest BCUT2D eigenvalue weighted by Gasteiger charge is -2.28. The number of hydrogen-bond acceptors (Lipinski definition) is 4. The van der Waals surface area contributed by atoms with E-state index in [1.807, 2.05) is 41.5 Å². The van der Waals surface area contributed by atoms with E-state index in [1.165, 1.54) is 12.8 Å². The number of phenolic OH excluding ortho intramolecular Hbond substituents is 1. The number of ether oxygens (including phenoxy) is 1. The summed E-state index contributed by atoms with van der Waals surface area (Å²) in [6, 6.07) is 3.53. The summed E-state index contributed by atoms with van der Waals surface area (Å²) >= 11 is 0. The van der Waals surface area contributed by atoms with Crippen LogP contribution in [0.5, 0.6) is 5.75 Å². The molecule has 1 amide bonds. The molecule has 1 unspecified atom stereocenters. The first-order chi connectivity index (χ1) is 12.9. The number of hydrogen-bond donors (Lipinski definition) is 3. The highest BCUT2D eigenvalue weighted by atomic mass is 16.6. The Bertz CT molecular complexity index is 606. The van der Waals surface area contributed by atoms with E-state index in [0.717, 1.165) is 30.4 Å². The summed E-state index contributed by atoms with van der Waals surface area (Å²) in [5, 5.41) is 23.4. The summed E-state index contributed by atoms with van der Waals surface area (Å²) in [7, 11) is 0. The number of phenols is 1. The first kappa shape index (κ1) is 24.3. The summed E-state index contributed by atoms with van der Waals surface area (Å²) in [5.74, 6) is 0.256. The van der Waals surface area contributed by atoms with Gasteiger partial charge in [-0.15, -0.1) is 0 Å². The van der Waals surface area contributed by atoms with Crippen LogP contribution in [-0.4, -0.2) is 22.6 Å². The molecule has 1 aromatic carbocycles. The highest BCUT2D eigenvalue weighted by molar-refractivity contribution is 5.85. The first-order valence-corrected chi connectivity index (χ1v) is 10.4. The van der Waals surface area contributed by atoms with Crippen LogP contribution in [0.4, 0.5) is 10.5 Å². The monoisotopic (exact) mass is 393 g/mol. The molecule has 0 saturated carbocycles. The largest absolute Gasteiger partial charge is 0.507 e. The van der Waals surface area contributed by atoms with Gasteiger partial charge in [0.15, 0.2) is 0 Å². The van der Waals surface area contributed by atoms with E-state index in [2.05, 4.69) is 12.2 Å². The number of rotatable bonds is 8. The maximum absolute atomic E-state index is 12.2. The number of aliphatic hydroxyl groups excluding tert-OH is 1. The predicted octanol–water partition coefficient (Wildman–Crippen LogP) is 6.21. The number of anilines is 1. The molecule has 1 atom stereocenters. The van der Waals surface area contributed by atoms with Gasteiger partial charge in [0.25, 0.3) is 0 Å². The molecule has 28 heavy (non-hydrogen) atoms. The van der Waals surface area contributed by atoms with Gasteiger partial charge < -0.3 is 14.9 Å². The molecule has 0 aliphatic heterocycles. The van der Waals surface area contributed by atoms with Crippen LogP contribution in [0.3, 0.4) is 0 Å². The summed E-state index contributed by atoms with van der Waals surface area (Å²) in [5.41, 5.74) is 1.49. The van der Waals surface area contributed by atoms with E-state index < -0.39 is 12.4 Å². The second-order valence-electron chi connectivity index (χ2n) is 9.61. The van der Waals surface area contributed by atoms with Crippen molar-refractivity contribution >= 4 is 11.8 Å². The van der Waals surface area contributed by atoms with Crippen molar-refractivity contribution in [3.05, 3.63) is 23.3 Å². The Hall–Kier alpha value is -1.75. The summed E-state index contributed by atoms with van der Waals surface area (Å²) < 4.78 is 5.09. The highest BCUT2D eigenvalue weighted by Crippen LogP contribution is 2.41. The fraction of sp³-hybridized carbons (Fsp3) is 0.696. The van der Waals surface area contributed by atoms with Crippen LogP contribution < -0.4 is 5.32 Å². The second-order valence-corrected chi connectivity index (χ2v) is 9.61. The van der Waals surface area contributed by atoms with Gasteiger partial charge in [0.1, 0.15) is 5.75 Å². The SMILES string of the molecule is CCCCCCCC(O)OC(=O)Nc1cc(C(C)(C)C)c(O)c(C(C)(C)C)c1. The fourth-order valence-corrected chi connectivity index (χ4v) is 3.10. The van der Waals surface area contributed by atoms with Gasteiger partial charge in [-0.3, -0.25) is 5.32 Å². The van der Waals surface area contributed by atoms with Crippen LogP contribution >= 0.6 is 0 Å². The maximum Gasteiger partial charge on any atom is 0.413 e. The van der Waals surface area contributed by atoms with Gasteiger partial charge in [-0.2, -0.15) is 0 Å². The molecule has 0 aliphatic carbocycles. The third kappa shape index (κ3) is 7.70. The van der Waals surface area contributed by atoms with Crippen molar-refractivity contribution in [3.63, 3.8) is 0 Å². The zero-order valence-electron chi connectivity index (χ0n) is 18.7. The number of aromatic hydroxyl groups is 1. The standard InChI is InChI=1S/C23H39NO4/c1-8-9-10-11-12-13-19(25)28-21(27)24-16-14-17(22(2,3)4)20(26)18(15-16)23(5,6)7/h14-15,19,25-26H,8-13H2,1-7H3,(H,24,27). The van der Waals surface area contributed by atoms with Crippen LogP contribution in [0.25, 0.3) is 0 Å². The zero-order chi connectivity index (χ0) is 21.5.